The molecule has 0 aliphatic heterocycles. The van der Waals surface area contributed by atoms with Crippen molar-refractivity contribution >= 4 is 0 Å². The summed E-state index contributed by atoms with van der Waals surface area (Å²) < 4.78 is 0. The van der Waals surface area contributed by atoms with E-state index in [2.05, 4.69) is 37.8 Å². The van der Waals surface area contributed by atoms with Gasteiger partial charge in [0.05, 0.1) is 0 Å². The third kappa shape index (κ3) is 1.90. The van der Waals surface area contributed by atoms with Crippen LogP contribution in [0.3, 0.4) is 0 Å². The van der Waals surface area contributed by atoms with Crippen LogP contribution < -0.4 is 0 Å². The number of hydrogen-bond acceptors (Lipinski definition) is 0. The minimum atomic E-state index is 1.17. The summed E-state index contributed by atoms with van der Waals surface area (Å²) in [5, 5.41) is 0. The lowest BCUT2D eigenvalue weighted by Gasteiger charge is -2.23. The molecule has 15 heavy (non-hydrogen) atoms. The summed E-state index contributed by atoms with van der Waals surface area (Å²) >= 11 is 0. The van der Waals surface area contributed by atoms with Crippen LogP contribution in [-0.2, 0) is 0 Å². The Hall–Kier alpha value is -1.30. The first-order chi connectivity index (χ1) is 7.36. The number of hydrogen-bond donors (Lipinski definition) is 0. The molecule has 0 fully saturated rings. The second-order valence-corrected chi connectivity index (χ2v) is 4.04. The molecule has 0 amide bonds. The zero-order valence-electron chi connectivity index (χ0n) is 9.42. The molecular weight excluding hydrogens is 180 g/mol. The highest BCUT2D eigenvalue weighted by Crippen LogP contribution is 2.36. The van der Waals surface area contributed by atoms with Gasteiger partial charge < -0.3 is 0 Å². The van der Waals surface area contributed by atoms with Crippen molar-refractivity contribution in [3.63, 3.8) is 0 Å². The molecule has 0 aromatic carbocycles. The molecule has 0 atom stereocenters. The van der Waals surface area contributed by atoms with E-state index in [0.29, 0.717) is 0 Å². The maximum Gasteiger partial charge on any atom is -0.0235 e. The van der Waals surface area contributed by atoms with Crippen LogP contribution in [0.4, 0.5) is 0 Å². The number of allylic oxidation sites excluding steroid dienone is 9. The van der Waals surface area contributed by atoms with Crippen molar-refractivity contribution in [2.75, 3.05) is 0 Å². The van der Waals surface area contributed by atoms with Crippen LogP contribution in [0, 0.1) is 0 Å². The Morgan fingerprint density at radius 3 is 2.93 bits per heavy atom. The van der Waals surface area contributed by atoms with Crippen molar-refractivity contribution in [1.29, 1.82) is 0 Å². The van der Waals surface area contributed by atoms with Crippen LogP contribution >= 0.6 is 0 Å². The van der Waals surface area contributed by atoms with Crippen molar-refractivity contribution in [3.05, 3.63) is 59.3 Å². The molecule has 0 saturated carbocycles. The Morgan fingerprint density at radius 2 is 2.20 bits per heavy atom. The maximum absolute atomic E-state index is 3.90. The van der Waals surface area contributed by atoms with Crippen molar-refractivity contribution < 1.29 is 0 Å². The second kappa shape index (κ2) is 4.48. The summed E-state index contributed by atoms with van der Waals surface area (Å²) in [6, 6.07) is 0. The quantitative estimate of drug-likeness (QED) is 0.574. The van der Waals surface area contributed by atoms with E-state index in [1.54, 1.807) is 5.57 Å². The van der Waals surface area contributed by atoms with E-state index in [1.165, 1.54) is 42.4 Å². The van der Waals surface area contributed by atoms with E-state index < -0.39 is 0 Å². The Bertz CT molecular complexity index is 386. The molecule has 2 aliphatic rings. The van der Waals surface area contributed by atoms with Gasteiger partial charge in [-0.15, -0.1) is 0 Å². The molecule has 0 heteroatoms. The lowest BCUT2D eigenvalue weighted by atomic mass is 9.82. The van der Waals surface area contributed by atoms with Gasteiger partial charge in [0, 0.05) is 0 Å². The van der Waals surface area contributed by atoms with Crippen LogP contribution in [0.25, 0.3) is 0 Å². The van der Waals surface area contributed by atoms with Crippen molar-refractivity contribution in [1.82, 2.24) is 0 Å². The molecule has 0 bridgehead atoms. The first-order valence-corrected chi connectivity index (χ1v) is 5.75. The highest BCUT2D eigenvalue weighted by molar-refractivity contribution is 5.55. The van der Waals surface area contributed by atoms with Gasteiger partial charge in [-0.05, 0) is 54.9 Å². The maximum atomic E-state index is 3.90. The summed E-state index contributed by atoms with van der Waals surface area (Å²) in [7, 11) is 0. The van der Waals surface area contributed by atoms with Gasteiger partial charge in [-0.1, -0.05) is 37.0 Å². The molecule has 0 aromatic heterocycles. The molecule has 2 rings (SSSR count). The Balaban J connectivity index is 2.46. The average Bonchev–Trinajstić information content (AvgIpc) is 2.31. The van der Waals surface area contributed by atoms with E-state index in [9.17, 15) is 0 Å². The summed E-state index contributed by atoms with van der Waals surface area (Å²) in [6.45, 7) is 6.00. The van der Waals surface area contributed by atoms with Gasteiger partial charge in [0.15, 0.2) is 0 Å². The first kappa shape index (κ1) is 10.2. The van der Waals surface area contributed by atoms with Crippen molar-refractivity contribution in [2.45, 2.75) is 32.6 Å². The highest BCUT2D eigenvalue weighted by Gasteiger charge is 2.17. The molecule has 0 spiro atoms. The Labute approximate surface area is 92.4 Å². The van der Waals surface area contributed by atoms with E-state index in [4.69, 9.17) is 0 Å². The first-order valence-electron chi connectivity index (χ1n) is 5.75. The minimum Gasteiger partial charge on any atom is -0.0985 e. The Kier molecular flexibility index (Phi) is 3.05. The molecule has 0 saturated heterocycles. The standard InChI is InChI=1S/C15H18/c1-3-12(4-2)14-11-7-9-13-8-5-6-10-15(13)14/h3-5,8-9H,1,6-7,10-11H2,2H3/b12-4+. The summed E-state index contributed by atoms with van der Waals surface area (Å²) in [6.07, 6.45) is 15.8. The van der Waals surface area contributed by atoms with Gasteiger partial charge in [-0.2, -0.15) is 0 Å². The average molecular weight is 198 g/mol. The fourth-order valence-electron chi connectivity index (χ4n) is 2.46. The van der Waals surface area contributed by atoms with Gasteiger partial charge >= 0.3 is 0 Å². The molecular formula is C15H18. The van der Waals surface area contributed by atoms with Gasteiger partial charge in [-0.25, -0.2) is 0 Å². The van der Waals surface area contributed by atoms with Crippen LogP contribution in [0.5, 0.6) is 0 Å². The SMILES string of the molecule is C=C/C(=C\C)C1=C2CCC=CC2=CCC1. The van der Waals surface area contributed by atoms with Crippen molar-refractivity contribution in [2.24, 2.45) is 0 Å². The predicted molar refractivity (Wildman–Crippen MR) is 66.7 cm³/mol. The van der Waals surface area contributed by atoms with Crippen LogP contribution in [-0.4, -0.2) is 0 Å². The van der Waals surface area contributed by atoms with E-state index in [0.717, 1.165) is 0 Å². The van der Waals surface area contributed by atoms with Gasteiger partial charge in [-0.3, -0.25) is 0 Å². The monoisotopic (exact) mass is 198 g/mol. The van der Waals surface area contributed by atoms with Gasteiger partial charge in [0.1, 0.15) is 0 Å². The molecule has 2 aliphatic carbocycles. The normalized spacial score (nSPS) is 21.1. The van der Waals surface area contributed by atoms with E-state index in [1.807, 2.05) is 6.08 Å². The third-order valence-electron chi connectivity index (χ3n) is 3.21. The third-order valence-corrected chi connectivity index (χ3v) is 3.21. The second-order valence-electron chi connectivity index (χ2n) is 4.04. The summed E-state index contributed by atoms with van der Waals surface area (Å²) in [5.41, 5.74) is 5.85. The molecule has 0 nitrogen and oxygen atoms in total. The van der Waals surface area contributed by atoms with E-state index in [-0.39, 0.29) is 0 Å². The molecule has 0 aromatic rings. The Morgan fingerprint density at radius 1 is 1.33 bits per heavy atom. The topological polar surface area (TPSA) is 0 Å². The molecule has 0 unspecified atom stereocenters. The summed E-state index contributed by atoms with van der Waals surface area (Å²) in [5.74, 6) is 0. The zero-order valence-corrected chi connectivity index (χ0v) is 9.42. The lowest BCUT2D eigenvalue weighted by molar-refractivity contribution is 0.868. The fourth-order valence-corrected chi connectivity index (χ4v) is 2.46. The van der Waals surface area contributed by atoms with Crippen LogP contribution in [0.2, 0.25) is 0 Å². The van der Waals surface area contributed by atoms with E-state index >= 15 is 0 Å². The smallest absolute Gasteiger partial charge is 0.0235 e. The van der Waals surface area contributed by atoms with Gasteiger partial charge in [0.2, 0.25) is 0 Å². The number of rotatable bonds is 2. The van der Waals surface area contributed by atoms with Crippen LogP contribution in [0.15, 0.2) is 59.3 Å². The van der Waals surface area contributed by atoms with Crippen molar-refractivity contribution in [3.8, 4) is 0 Å². The summed E-state index contributed by atoms with van der Waals surface area (Å²) in [4.78, 5) is 0. The molecule has 0 N–H and O–H groups in total. The fraction of sp³-hybridized carbons (Fsp3) is 0.333. The molecule has 0 radical (unpaired) electrons. The predicted octanol–water partition coefficient (Wildman–Crippen LogP) is 4.49. The van der Waals surface area contributed by atoms with Crippen LogP contribution in [0.1, 0.15) is 32.6 Å². The molecule has 78 valence electrons. The number of fused-ring (bicyclic) bond motifs is 1. The zero-order chi connectivity index (χ0) is 10.7. The minimum absolute atomic E-state index is 1.17. The lowest BCUT2D eigenvalue weighted by Crippen LogP contribution is -2.04. The van der Waals surface area contributed by atoms with Gasteiger partial charge in [0.25, 0.3) is 0 Å². The molecule has 0 heterocycles. The highest BCUT2D eigenvalue weighted by atomic mass is 14.2. The largest absolute Gasteiger partial charge is 0.0985 e.